The predicted octanol–water partition coefficient (Wildman–Crippen LogP) is 1.57. The number of methoxy groups -OCH3 is 4. The molecule has 0 aliphatic rings. The molecule has 2 N–H and O–H groups in total. The molecule has 0 bridgehead atoms. The summed E-state index contributed by atoms with van der Waals surface area (Å²) in [5.41, 5.74) is 1.87. The van der Waals surface area contributed by atoms with Gasteiger partial charge >= 0.3 is 7.12 Å². The quantitative estimate of drug-likeness (QED) is 0.587. The normalized spacial score (nSPS) is 10.6. The van der Waals surface area contributed by atoms with Crippen LogP contribution in [0.2, 0.25) is 0 Å². The second-order valence-electron chi connectivity index (χ2n) is 5.13. The van der Waals surface area contributed by atoms with Crippen LogP contribution in [0.5, 0.6) is 23.0 Å². The van der Waals surface area contributed by atoms with Crippen LogP contribution in [0.4, 0.5) is 0 Å². The Morgan fingerprint density at radius 1 is 0.760 bits per heavy atom. The maximum atomic E-state index is 9.45. The van der Waals surface area contributed by atoms with Gasteiger partial charge in [-0.2, -0.15) is 0 Å². The van der Waals surface area contributed by atoms with E-state index in [9.17, 15) is 10.0 Å². The van der Waals surface area contributed by atoms with Gasteiger partial charge < -0.3 is 29.0 Å². The molecule has 7 heteroatoms. The minimum atomic E-state index is -1.61. The first-order chi connectivity index (χ1) is 12.0. The van der Waals surface area contributed by atoms with E-state index in [-0.39, 0.29) is 0 Å². The van der Waals surface area contributed by atoms with Crippen LogP contribution in [-0.2, 0) is 0 Å². The minimum absolute atomic E-state index is 0.295. The molecule has 0 spiro atoms. The molecule has 2 rings (SSSR count). The molecule has 0 atom stereocenters. The summed E-state index contributed by atoms with van der Waals surface area (Å²) in [5.74, 6) is 2.05. The second kappa shape index (κ2) is 8.46. The average Bonchev–Trinajstić information content (AvgIpc) is 2.64. The van der Waals surface area contributed by atoms with Crippen LogP contribution in [0.3, 0.4) is 0 Å². The van der Waals surface area contributed by atoms with Gasteiger partial charge in [0.25, 0.3) is 0 Å². The molecule has 6 nitrogen and oxygen atoms in total. The van der Waals surface area contributed by atoms with Crippen molar-refractivity contribution in [2.75, 3.05) is 28.4 Å². The lowest BCUT2D eigenvalue weighted by atomic mass is 9.78. The fraction of sp³-hybridized carbons (Fsp3) is 0.222. The van der Waals surface area contributed by atoms with Gasteiger partial charge in [-0.1, -0.05) is 24.3 Å². The van der Waals surface area contributed by atoms with Gasteiger partial charge in [0.05, 0.1) is 28.4 Å². The van der Waals surface area contributed by atoms with Gasteiger partial charge in [0, 0.05) is 11.0 Å². The third-order valence-electron chi connectivity index (χ3n) is 3.72. The van der Waals surface area contributed by atoms with Crippen LogP contribution in [0.1, 0.15) is 11.1 Å². The Balaban J connectivity index is 2.41. The van der Waals surface area contributed by atoms with Crippen molar-refractivity contribution in [3.63, 3.8) is 0 Å². The summed E-state index contributed by atoms with van der Waals surface area (Å²) in [5, 5.41) is 18.9. The van der Waals surface area contributed by atoms with Crippen molar-refractivity contribution in [3.05, 3.63) is 41.5 Å². The van der Waals surface area contributed by atoms with Crippen molar-refractivity contribution in [3.8, 4) is 23.0 Å². The highest BCUT2D eigenvalue weighted by Gasteiger charge is 2.17. The van der Waals surface area contributed by atoms with E-state index < -0.39 is 7.12 Å². The standard InChI is InChI=1S/C18H21BO6/c1-22-15-9-6-12(11-14(15)19(20)21)5-7-13-8-10-16(23-2)18(25-4)17(13)24-3/h5-11,20-21H,1-4H3/b7-5+. The maximum Gasteiger partial charge on any atom is 0.492 e. The third-order valence-corrected chi connectivity index (χ3v) is 3.72. The first-order valence-electron chi connectivity index (χ1n) is 7.56. The lowest BCUT2D eigenvalue weighted by Crippen LogP contribution is -2.31. The molecule has 132 valence electrons. The highest BCUT2D eigenvalue weighted by atomic mass is 16.5. The zero-order valence-corrected chi connectivity index (χ0v) is 14.6. The third kappa shape index (κ3) is 4.07. The first kappa shape index (κ1) is 18.7. The molecule has 2 aromatic rings. The summed E-state index contributed by atoms with van der Waals surface area (Å²) in [6, 6.07) is 8.78. The van der Waals surface area contributed by atoms with Crippen LogP contribution in [0.15, 0.2) is 30.3 Å². The summed E-state index contributed by atoms with van der Waals surface area (Å²) < 4.78 is 21.2. The molecule has 0 aliphatic carbocycles. The number of hydrogen-bond acceptors (Lipinski definition) is 6. The van der Waals surface area contributed by atoms with Crippen LogP contribution in [-0.4, -0.2) is 45.6 Å². The van der Waals surface area contributed by atoms with E-state index in [2.05, 4.69) is 0 Å². The SMILES string of the molecule is COc1ccc(/C=C/c2ccc(OC)c(OC)c2OC)cc1B(O)O. The summed E-state index contributed by atoms with van der Waals surface area (Å²) in [4.78, 5) is 0. The van der Waals surface area contributed by atoms with Gasteiger partial charge in [-0.3, -0.25) is 0 Å². The molecular formula is C18H21BO6. The maximum absolute atomic E-state index is 9.45. The molecule has 0 aliphatic heterocycles. The van der Waals surface area contributed by atoms with Gasteiger partial charge in [-0.05, 0) is 23.8 Å². The lowest BCUT2D eigenvalue weighted by molar-refractivity contribution is 0.324. The Morgan fingerprint density at radius 3 is 1.96 bits per heavy atom. The molecule has 0 unspecified atom stereocenters. The molecule has 0 aromatic heterocycles. The van der Waals surface area contributed by atoms with Crippen molar-refractivity contribution < 1.29 is 29.0 Å². The van der Waals surface area contributed by atoms with Crippen LogP contribution >= 0.6 is 0 Å². The fourth-order valence-electron chi connectivity index (χ4n) is 2.50. The van der Waals surface area contributed by atoms with E-state index in [0.717, 1.165) is 11.1 Å². The number of hydrogen-bond donors (Lipinski definition) is 2. The van der Waals surface area contributed by atoms with Crippen LogP contribution < -0.4 is 24.4 Å². The van der Waals surface area contributed by atoms with E-state index >= 15 is 0 Å². The number of ether oxygens (including phenoxy) is 4. The van der Waals surface area contributed by atoms with E-state index in [1.807, 2.05) is 24.3 Å². The molecule has 0 saturated carbocycles. The fourth-order valence-corrected chi connectivity index (χ4v) is 2.50. The molecule has 0 radical (unpaired) electrons. The molecule has 0 amide bonds. The second-order valence-corrected chi connectivity index (χ2v) is 5.13. The van der Waals surface area contributed by atoms with Crippen LogP contribution in [0, 0.1) is 0 Å². The van der Waals surface area contributed by atoms with Gasteiger partial charge in [0.2, 0.25) is 5.75 Å². The molecule has 0 heterocycles. The topological polar surface area (TPSA) is 77.4 Å². The Hall–Kier alpha value is -2.64. The zero-order chi connectivity index (χ0) is 18.4. The van der Waals surface area contributed by atoms with Crippen molar-refractivity contribution >= 4 is 24.7 Å². The Bertz CT molecular complexity index is 757. The summed E-state index contributed by atoms with van der Waals surface area (Å²) >= 11 is 0. The Morgan fingerprint density at radius 2 is 1.40 bits per heavy atom. The monoisotopic (exact) mass is 344 g/mol. The lowest BCUT2D eigenvalue weighted by Gasteiger charge is -2.14. The Kier molecular flexibility index (Phi) is 6.33. The van der Waals surface area contributed by atoms with E-state index in [1.54, 1.807) is 39.5 Å². The van der Waals surface area contributed by atoms with Crippen molar-refractivity contribution in [1.82, 2.24) is 0 Å². The highest BCUT2D eigenvalue weighted by Crippen LogP contribution is 2.40. The van der Waals surface area contributed by atoms with Crippen molar-refractivity contribution in [2.24, 2.45) is 0 Å². The summed E-state index contributed by atoms with van der Waals surface area (Å²) in [6.07, 6.45) is 3.67. The highest BCUT2D eigenvalue weighted by molar-refractivity contribution is 6.59. The molecule has 0 fully saturated rings. The van der Waals surface area contributed by atoms with Gasteiger partial charge in [-0.15, -0.1) is 0 Å². The van der Waals surface area contributed by atoms with Gasteiger partial charge in [-0.25, -0.2) is 0 Å². The van der Waals surface area contributed by atoms with Gasteiger partial charge in [0.1, 0.15) is 5.75 Å². The summed E-state index contributed by atoms with van der Waals surface area (Å²) in [7, 11) is 4.53. The minimum Gasteiger partial charge on any atom is -0.497 e. The molecule has 2 aromatic carbocycles. The van der Waals surface area contributed by atoms with E-state index in [0.29, 0.717) is 28.5 Å². The molecule has 0 saturated heterocycles. The Labute approximate surface area is 147 Å². The van der Waals surface area contributed by atoms with Crippen molar-refractivity contribution in [1.29, 1.82) is 0 Å². The average molecular weight is 344 g/mol. The molecular weight excluding hydrogens is 323 g/mol. The van der Waals surface area contributed by atoms with Gasteiger partial charge in [0.15, 0.2) is 11.5 Å². The zero-order valence-electron chi connectivity index (χ0n) is 14.6. The van der Waals surface area contributed by atoms with Crippen molar-refractivity contribution in [2.45, 2.75) is 0 Å². The number of benzene rings is 2. The summed E-state index contributed by atoms with van der Waals surface area (Å²) in [6.45, 7) is 0. The predicted molar refractivity (Wildman–Crippen MR) is 97.8 cm³/mol. The van der Waals surface area contributed by atoms with Crippen LogP contribution in [0.25, 0.3) is 12.2 Å². The largest absolute Gasteiger partial charge is 0.497 e. The number of rotatable bonds is 7. The first-order valence-corrected chi connectivity index (χ1v) is 7.56. The van der Waals surface area contributed by atoms with E-state index in [4.69, 9.17) is 18.9 Å². The molecule has 25 heavy (non-hydrogen) atoms. The van der Waals surface area contributed by atoms with E-state index in [1.165, 1.54) is 7.11 Å². The smallest absolute Gasteiger partial charge is 0.492 e.